The quantitative estimate of drug-likeness (QED) is 0.650. The van der Waals surface area contributed by atoms with Crippen molar-refractivity contribution >= 4 is 29.1 Å². The molecule has 0 aliphatic rings. The molecule has 0 aliphatic heterocycles. The Balaban J connectivity index is 1.67. The Morgan fingerprint density at radius 3 is 2.41 bits per heavy atom. The number of carbonyl (C=O) groups excluding carboxylic acids is 2. The lowest BCUT2D eigenvalue weighted by molar-refractivity contribution is 0.0526. The predicted molar refractivity (Wildman–Crippen MR) is 102 cm³/mol. The Hall–Kier alpha value is -3.74. The number of benzene rings is 2. The third-order valence-corrected chi connectivity index (χ3v) is 3.60. The van der Waals surface area contributed by atoms with E-state index >= 15 is 0 Å². The number of esters is 1. The molecule has 7 nitrogen and oxygen atoms in total. The zero-order valence-corrected chi connectivity index (χ0v) is 14.7. The van der Waals surface area contributed by atoms with Crippen molar-refractivity contribution in [2.75, 3.05) is 17.2 Å². The minimum Gasteiger partial charge on any atom is -0.462 e. The summed E-state index contributed by atoms with van der Waals surface area (Å²) >= 11 is 0. The molecular weight excluding hydrogens is 344 g/mol. The van der Waals surface area contributed by atoms with Crippen LogP contribution < -0.4 is 10.6 Å². The average Bonchev–Trinajstić information content (AvgIpc) is 2.70. The van der Waals surface area contributed by atoms with Gasteiger partial charge in [0.25, 0.3) is 5.91 Å². The molecular formula is C20H18N4O3. The van der Waals surface area contributed by atoms with E-state index in [1.807, 2.05) is 30.3 Å². The molecule has 0 saturated carbocycles. The van der Waals surface area contributed by atoms with Gasteiger partial charge in [-0.1, -0.05) is 18.2 Å². The van der Waals surface area contributed by atoms with Gasteiger partial charge >= 0.3 is 5.97 Å². The number of rotatable bonds is 6. The zero-order valence-electron chi connectivity index (χ0n) is 14.7. The van der Waals surface area contributed by atoms with Gasteiger partial charge < -0.3 is 15.4 Å². The molecule has 1 aromatic heterocycles. The third-order valence-electron chi connectivity index (χ3n) is 3.60. The molecule has 27 heavy (non-hydrogen) atoms. The summed E-state index contributed by atoms with van der Waals surface area (Å²) in [5.41, 5.74) is 2.05. The van der Waals surface area contributed by atoms with Crippen LogP contribution in [0.1, 0.15) is 27.8 Å². The second kappa shape index (κ2) is 8.57. The van der Waals surface area contributed by atoms with Gasteiger partial charge in [-0.2, -0.15) is 0 Å². The number of hydrogen-bond acceptors (Lipinski definition) is 6. The smallest absolute Gasteiger partial charge is 0.338 e. The number of hydrogen-bond donors (Lipinski definition) is 2. The minimum atomic E-state index is -0.400. The van der Waals surface area contributed by atoms with Gasteiger partial charge in [-0.05, 0) is 43.3 Å². The monoisotopic (exact) mass is 362 g/mol. The van der Waals surface area contributed by atoms with Gasteiger partial charge in [-0.15, -0.1) is 0 Å². The number of carbonyl (C=O) groups is 2. The maximum Gasteiger partial charge on any atom is 0.338 e. The van der Waals surface area contributed by atoms with Crippen molar-refractivity contribution < 1.29 is 14.3 Å². The van der Waals surface area contributed by atoms with Gasteiger partial charge in [0, 0.05) is 17.4 Å². The number of amides is 1. The van der Waals surface area contributed by atoms with Crippen LogP contribution in [-0.4, -0.2) is 28.5 Å². The second-order valence-corrected chi connectivity index (χ2v) is 5.53. The summed E-state index contributed by atoms with van der Waals surface area (Å²) in [5.74, 6) is -0.265. The molecule has 0 unspecified atom stereocenters. The summed E-state index contributed by atoms with van der Waals surface area (Å²) in [6.45, 7) is 2.06. The molecule has 0 fully saturated rings. The molecule has 3 rings (SSSR count). The van der Waals surface area contributed by atoms with Crippen LogP contribution in [0.15, 0.2) is 67.0 Å². The van der Waals surface area contributed by atoms with Crippen molar-refractivity contribution in [2.24, 2.45) is 0 Å². The number of ether oxygens (including phenoxy) is 1. The first kappa shape index (κ1) is 18.1. The summed E-state index contributed by atoms with van der Waals surface area (Å²) < 4.78 is 4.93. The van der Waals surface area contributed by atoms with Gasteiger partial charge in [-0.25, -0.2) is 14.8 Å². The molecule has 2 aromatic carbocycles. The maximum absolute atomic E-state index is 12.4. The van der Waals surface area contributed by atoms with E-state index in [1.54, 1.807) is 37.3 Å². The normalized spacial score (nSPS) is 10.1. The molecule has 0 bridgehead atoms. The van der Waals surface area contributed by atoms with Gasteiger partial charge in [0.2, 0.25) is 0 Å². The molecule has 3 aromatic rings. The van der Waals surface area contributed by atoms with Gasteiger partial charge in [0.15, 0.2) is 0 Å². The minimum absolute atomic E-state index is 0.220. The fraction of sp³-hybridized carbons (Fsp3) is 0.100. The highest BCUT2D eigenvalue weighted by Crippen LogP contribution is 2.15. The first-order valence-electron chi connectivity index (χ1n) is 8.38. The van der Waals surface area contributed by atoms with E-state index in [0.717, 1.165) is 5.69 Å². The lowest BCUT2D eigenvalue weighted by atomic mass is 10.2. The maximum atomic E-state index is 12.4. The van der Waals surface area contributed by atoms with Crippen molar-refractivity contribution in [1.82, 2.24) is 9.97 Å². The van der Waals surface area contributed by atoms with Crippen molar-refractivity contribution in [3.63, 3.8) is 0 Å². The van der Waals surface area contributed by atoms with Crippen LogP contribution in [0.2, 0.25) is 0 Å². The van der Waals surface area contributed by atoms with Crippen LogP contribution in [0.5, 0.6) is 0 Å². The number of anilines is 3. The van der Waals surface area contributed by atoms with Gasteiger partial charge in [0.1, 0.15) is 17.8 Å². The van der Waals surface area contributed by atoms with Crippen molar-refractivity contribution in [3.8, 4) is 0 Å². The van der Waals surface area contributed by atoms with Crippen molar-refractivity contribution in [2.45, 2.75) is 6.92 Å². The molecule has 2 N–H and O–H groups in total. The molecule has 0 aliphatic carbocycles. The third kappa shape index (κ3) is 4.88. The molecule has 1 amide bonds. The Bertz CT molecular complexity index is 927. The summed E-state index contributed by atoms with van der Waals surface area (Å²) in [6.07, 6.45) is 1.32. The molecule has 0 atom stereocenters. The molecule has 136 valence electrons. The van der Waals surface area contributed by atoms with E-state index < -0.39 is 5.97 Å². The van der Waals surface area contributed by atoms with E-state index in [-0.39, 0.29) is 11.6 Å². The van der Waals surface area contributed by atoms with Gasteiger partial charge in [0.05, 0.1) is 12.2 Å². The zero-order chi connectivity index (χ0) is 19.1. The van der Waals surface area contributed by atoms with E-state index in [4.69, 9.17) is 4.74 Å². The number of nitrogens with one attached hydrogen (secondary N) is 2. The highest BCUT2D eigenvalue weighted by Gasteiger charge is 2.11. The standard InChI is InChI=1S/C20H18N4O3/c1-2-27-20(26)14-8-10-16(11-9-14)24-19(25)17-12-18(22-13-21-17)23-15-6-4-3-5-7-15/h3-13H,2H2,1H3,(H,24,25)(H,21,22,23). The average molecular weight is 362 g/mol. The first-order valence-corrected chi connectivity index (χ1v) is 8.38. The van der Waals surface area contributed by atoms with Crippen LogP contribution >= 0.6 is 0 Å². The van der Waals surface area contributed by atoms with Crippen molar-refractivity contribution in [3.05, 3.63) is 78.2 Å². The van der Waals surface area contributed by atoms with Crippen molar-refractivity contribution in [1.29, 1.82) is 0 Å². The topological polar surface area (TPSA) is 93.2 Å². The fourth-order valence-corrected chi connectivity index (χ4v) is 2.32. The number of nitrogens with zero attached hydrogens (tertiary/aromatic N) is 2. The van der Waals surface area contributed by atoms with E-state index in [0.29, 0.717) is 23.7 Å². The highest BCUT2D eigenvalue weighted by atomic mass is 16.5. The van der Waals surface area contributed by atoms with E-state index in [2.05, 4.69) is 20.6 Å². The van der Waals surface area contributed by atoms with Crippen LogP contribution in [0, 0.1) is 0 Å². The Morgan fingerprint density at radius 2 is 1.70 bits per heavy atom. The summed E-state index contributed by atoms with van der Waals surface area (Å²) in [6, 6.07) is 17.5. The molecule has 1 heterocycles. The number of para-hydroxylation sites is 1. The molecule has 0 spiro atoms. The number of aromatic nitrogens is 2. The van der Waals surface area contributed by atoms with Crippen LogP contribution in [0.4, 0.5) is 17.2 Å². The van der Waals surface area contributed by atoms with Crippen LogP contribution in [-0.2, 0) is 4.74 Å². The van der Waals surface area contributed by atoms with E-state index in [1.165, 1.54) is 6.33 Å². The van der Waals surface area contributed by atoms with Crippen LogP contribution in [0.3, 0.4) is 0 Å². The highest BCUT2D eigenvalue weighted by molar-refractivity contribution is 6.03. The Kier molecular flexibility index (Phi) is 5.73. The summed E-state index contributed by atoms with van der Waals surface area (Å²) in [7, 11) is 0. The summed E-state index contributed by atoms with van der Waals surface area (Å²) in [4.78, 5) is 32.2. The fourth-order valence-electron chi connectivity index (χ4n) is 2.32. The van der Waals surface area contributed by atoms with Crippen LogP contribution in [0.25, 0.3) is 0 Å². The largest absolute Gasteiger partial charge is 0.462 e. The lowest BCUT2D eigenvalue weighted by Gasteiger charge is -2.08. The Morgan fingerprint density at radius 1 is 0.963 bits per heavy atom. The predicted octanol–water partition coefficient (Wildman–Crippen LogP) is 3.65. The Labute approximate surface area is 156 Å². The molecule has 0 radical (unpaired) electrons. The first-order chi connectivity index (χ1) is 13.2. The second-order valence-electron chi connectivity index (χ2n) is 5.53. The lowest BCUT2D eigenvalue weighted by Crippen LogP contribution is -2.14. The van der Waals surface area contributed by atoms with E-state index in [9.17, 15) is 9.59 Å². The SMILES string of the molecule is CCOC(=O)c1ccc(NC(=O)c2cc(Nc3ccccc3)ncn2)cc1. The van der Waals surface area contributed by atoms with Gasteiger partial charge in [-0.3, -0.25) is 4.79 Å². The molecule has 0 saturated heterocycles. The molecule has 7 heteroatoms. The summed E-state index contributed by atoms with van der Waals surface area (Å²) in [5, 5.41) is 5.85.